The van der Waals surface area contributed by atoms with E-state index in [2.05, 4.69) is 0 Å². The lowest BCUT2D eigenvalue weighted by molar-refractivity contribution is 0.453. The molecule has 0 radical (unpaired) electrons. The third kappa shape index (κ3) is 2.83. The first-order chi connectivity index (χ1) is 14.5. The Kier molecular flexibility index (Phi) is 4.98. The Bertz CT molecular complexity index is 1320. The topological polar surface area (TPSA) is 88.0 Å². The van der Waals surface area contributed by atoms with E-state index < -0.39 is 0 Å². The van der Waals surface area contributed by atoms with Gasteiger partial charge in [0.05, 0.1) is 0 Å². The Balaban J connectivity index is 2.39. The van der Waals surface area contributed by atoms with Crippen molar-refractivity contribution in [3.63, 3.8) is 0 Å². The summed E-state index contributed by atoms with van der Waals surface area (Å²) in [5.74, 6) is -0.654. The van der Waals surface area contributed by atoms with Crippen molar-refractivity contribution in [3.8, 4) is 23.6 Å². The highest BCUT2D eigenvalue weighted by molar-refractivity contribution is 6.44. The second-order valence-electron chi connectivity index (χ2n) is 6.53. The summed E-state index contributed by atoms with van der Waals surface area (Å²) in [7, 11) is 0. The molecule has 0 fully saturated rings. The van der Waals surface area contributed by atoms with Crippen LogP contribution in [0.4, 0.5) is 0 Å². The van der Waals surface area contributed by atoms with E-state index in [-0.39, 0.29) is 37.6 Å². The molecule has 1 aliphatic rings. The van der Waals surface area contributed by atoms with Crippen LogP contribution in [0, 0.1) is 22.7 Å². The van der Waals surface area contributed by atoms with Crippen LogP contribution in [0.5, 0.6) is 11.5 Å². The summed E-state index contributed by atoms with van der Waals surface area (Å²) in [5, 5.41) is 41.3. The van der Waals surface area contributed by atoms with Gasteiger partial charge in [-0.25, -0.2) is 0 Å². The first-order valence-corrected chi connectivity index (χ1v) is 9.60. The van der Waals surface area contributed by atoms with Crippen molar-refractivity contribution < 1.29 is 10.2 Å². The van der Waals surface area contributed by atoms with Gasteiger partial charge in [-0.1, -0.05) is 83.9 Å². The fraction of sp³-hybridized carbons (Fsp3) is 0. The predicted molar refractivity (Wildman–Crippen MR) is 115 cm³/mol. The van der Waals surface area contributed by atoms with Gasteiger partial charge in [0.1, 0.15) is 39.3 Å². The lowest BCUT2D eigenvalue weighted by atomic mass is 9.89. The highest BCUT2D eigenvalue weighted by Gasteiger charge is 2.31. The molecule has 0 atom stereocenters. The molecule has 0 unspecified atom stereocenters. The first-order valence-electron chi connectivity index (χ1n) is 8.84. The number of phenols is 2. The van der Waals surface area contributed by atoms with Crippen LogP contribution in [-0.4, -0.2) is 10.2 Å². The van der Waals surface area contributed by atoms with Gasteiger partial charge in [0, 0.05) is 27.2 Å². The van der Waals surface area contributed by atoms with Gasteiger partial charge in [-0.15, -0.1) is 0 Å². The minimum Gasteiger partial charge on any atom is -0.506 e. The highest BCUT2D eigenvalue weighted by Crippen LogP contribution is 2.41. The van der Waals surface area contributed by atoms with E-state index in [9.17, 15) is 20.7 Å². The average Bonchev–Trinajstić information content (AvgIpc) is 3.14. The molecule has 0 saturated heterocycles. The third-order valence-corrected chi connectivity index (χ3v) is 5.76. The largest absolute Gasteiger partial charge is 0.506 e. The number of hydrogen-bond donors (Lipinski definition) is 2. The summed E-state index contributed by atoms with van der Waals surface area (Å²) in [4.78, 5) is 0. The summed E-state index contributed by atoms with van der Waals surface area (Å²) >= 11 is 12.4. The molecule has 0 bridgehead atoms. The van der Waals surface area contributed by atoms with E-state index in [1.54, 1.807) is 48.5 Å². The Hall–Kier alpha value is -3.70. The number of fused-ring (bicyclic) bond motifs is 1. The van der Waals surface area contributed by atoms with Crippen LogP contribution in [0.25, 0.3) is 11.1 Å². The molecule has 0 aliphatic heterocycles. The van der Waals surface area contributed by atoms with Gasteiger partial charge in [0.25, 0.3) is 0 Å². The molecular formula is C24H12Cl2N2O2. The SMILES string of the molecule is N#CC(C#N)=C1C(c2ccccc2)=c2c(O)c(Cl)c(Cl)c(O)c2=C1c1ccccc1. The van der Waals surface area contributed by atoms with Crippen molar-refractivity contribution in [2.75, 3.05) is 0 Å². The summed E-state index contributed by atoms with van der Waals surface area (Å²) in [6, 6.07) is 21.9. The number of benzene rings is 3. The molecule has 30 heavy (non-hydrogen) atoms. The van der Waals surface area contributed by atoms with Crippen molar-refractivity contribution in [3.05, 3.63) is 103 Å². The van der Waals surface area contributed by atoms with Crippen molar-refractivity contribution in [1.82, 2.24) is 0 Å². The fourth-order valence-corrected chi connectivity index (χ4v) is 4.07. The van der Waals surface area contributed by atoms with Crippen LogP contribution in [0.3, 0.4) is 0 Å². The number of rotatable bonds is 2. The number of halogens is 2. The number of allylic oxidation sites excluding steroid dienone is 2. The molecule has 2 N–H and O–H groups in total. The zero-order valence-corrected chi connectivity index (χ0v) is 16.8. The molecule has 144 valence electrons. The first kappa shape index (κ1) is 19.6. The molecule has 0 amide bonds. The van der Waals surface area contributed by atoms with E-state index >= 15 is 0 Å². The van der Waals surface area contributed by atoms with E-state index in [0.29, 0.717) is 27.8 Å². The number of nitrogens with zero attached hydrogens (tertiary/aromatic N) is 2. The molecule has 1 aliphatic carbocycles. The summed E-state index contributed by atoms with van der Waals surface area (Å²) < 4.78 is 0. The molecule has 6 heteroatoms. The van der Waals surface area contributed by atoms with Crippen LogP contribution in [0.1, 0.15) is 11.1 Å². The third-order valence-electron chi connectivity index (χ3n) is 4.93. The number of phenolic OH excluding ortho intramolecular Hbond substituents is 2. The van der Waals surface area contributed by atoms with E-state index in [1.807, 2.05) is 24.3 Å². The van der Waals surface area contributed by atoms with Crippen LogP contribution >= 0.6 is 23.2 Å². The molecule has 4 nitrogen and oxygen atoms in total. The molecular weight excluding hydrogens is 419 g/mol. The summed E-state index contributed by atoms with van der Waals surface area (Å²) in [6.45, 7) is 0. The smallest absolute Gasteiger partial charge is 0.144 e. The average molecular weight is 431 g/mol. The van der Waals surface area contributed by atoms with Crippen molar-refractivity contribution >= 4 is 34.3 Å². The lowest BCUT2D eigenvalue weighted by Crippen LogP contribution is -2.26. The molecule has 3 aromatic rings. The summed E-state index contributed by atoms with van der Waals surface area (Å²) in [6.07, 6.45) is 0. The number of hydrogen-bond acceptors (Lipinski definition) is 4. The number of nitriles is 2. The number of aromatic hydroxyl groups is 2. The standard InChI is InChI=1S/C24H12Cl2N2O2/c25-21-22(26)24(30)20-17(14-9-5-2-6-10-14)18(15(11-27)12-28)16(19(20)23(21)29)13-7-3-1-4-8-13/h1-10,29-30H. The van der Waals surface area contributed by atoms with Crippen molar-refractivity contribution in [1.29, 1.82) is 10.5 Å². The maximum atomic E-state index is 10.9. The summed E-state index contributed by atoms with van der Waals surface area (Å²) in [5.41, 5.74) is 2.29. The fourth-order valence-electron chi connectivity index (χ4n) is 3.70. The lowest BCUT2D eigenvalue weighted by Gasteiger charge is -2.12. The molecule has 0 saturated carbocycles. The van der Waals surface area contributed by atoms with Crippen LogP contribution in [-0.2, 0) is 0 Å². The van der Waals surface area contributed by atoms with Gasteiger partial charge in [-0.2, -0.15) is 10.5 Å². The Morgan fingerprint density at radius 2 is 1.03 bits per heavy atom. The zero-order valence-electron chi connectivity index (χ0n) is 15.3. The molecule has 0 heterocycles. The minimum atomic E-state index is -0.327. The van der Waals surface area contributed by atoms with Gasteiger partial charge in [0.15, 0.2) is 0 Å². The van der Waals surface area contributed by atoms with Crippen LogP contribution in [0.2, 0.25) is 10.0 Å². The van der Waals surface area contributed by atoms with Crippen molar-refractivity contribution in [2.24, 2.45) is 0 Å². The quantitative estimate of drug-likeness (QED) is 0.471. The van der Waals surface area contributed by atoms with Gasteiger partial charge >= 0.3 is 0 Å². The highest BCUT2D eigenvalue weighted by atomic mass is 35.5. The molecule has 0 aromatic heterocycles. The second-order valence-corrected chi connectivity index (χ2v) is 7.29. The Labute approximate surface area is 182 Å². The van der Waals surface area contributed by atoms with Crippen LogP contribution in [0.15, 0.2) is 71.8 Å². The van der Waals surface area contributed by atoms with E-state index in [4.69, 9.17) is 23.2 Å². The van der Waals surface area contributed by atoms with E-state index in [0.717, 1.165) is 0 Å². The minimum absolute atomic E-state index is 0.157. The van der Waals surface area contributed by atoms with Crippen LogP contribution < -0.4 is 10.4 Å². The Morgan fingerprint density at radius 3 is 1.37 bits per heavy atom. The maximum absolute atomic E-state index is 10.9. The van der Waals surface area contributed by atoms with E-state index in [1.165, 1.54) is 0 Å². The molecule has 3 aromatic carbocycles. The Morgan fingerprint density at radius 1 is 0.667 bits per heavy atom. The van der Waals surface area contributed by atoms with Crippen molar-refractivity contribution in [2.45, 2.75) is 0 Å². The second kappa shape index (κ2) is 7.61. The predicted octanol–water partition coefficient (Wildman–Crippen LogP) is 4.16. The molecule has 4 rings (SSSR count). The van der Waals surface area contributed by atoms with Gasteiger partial charge in [-0.05, 0) is 11.1 Å². The monoisotopic (exact) mass is 430 g/mol. The maximum Gasteiger partial charge on any atom is 0.144 e. The van der Waals surface area contributed by atoms with Gasteiger partial charge in [0.2, 0.25) is 0 Å². The van der Waals surface area contributed by atoms with Gasteiger partial charge < -0.3 is 10.2 Å². The molecule has 0 spiro atoms. The zero-order chi connectivity index (χ0) is 21.4. The van der Waals surface area contributed by atoms with Gasteiger partial charge in [-0.3, -0.25) is 0 Å². The normalized spacial score (nSPS) is 12.3.